The number of anilines is 1. The number of hydrazine groups is 1. The Morgan fingerprint density at radius 3 is 2.52 bits per heavy atom. The molecule has 2 rings (SSSR count). The van der Waals surface area contributed by atoms with Gasteiger partial charge in [0.05, 0.1) is 37.2 Å². The van der Waals surface area contributed by atoms with E-state index in [1.54, 1.807) is 13.3 Å². The molecule has 0 aliphatic rings. The van der Waals surface area contributed by atoms with E-state index in [0.29, 0.717) is 12.2 Å². The molecule has 2 aromatic heterocycles. The summed E-state index contributed by atoms with van der Waals surface area (Å²) in [5.74, 6) is 0.633. The third-order valence-corrected chi connectivity index (χ3v) is 4.81. The molecule has 6 heteroatoms. The molecule has 2 aromatic rings. The van der Waals surface area contributed by atoms with Gasteiger partial charge in [0, 0.05) is 22.8 Å². The Bertz CT molecular complexity index is 821. The number of nitriles is 1. The van der Waals surface area contributed by atoms with Gasteiger partial charge < -0.3 is 10.2 Å². The highest BCUT2D eigenvalue weighted by Gasteiger charge is 2.22. The lowest BCUT2D eigenvalue weighted by atomic mass is 9.85. The smallest absolute Gasteiger partial charge is 0.137 e. The number of nitrogens with zero attached hydrogens (tertiary/aromatic N) is 3. The van der Waals surface area contributed by atoms with Gasteiger partial charge in [-0.3, -0.25) is 9.97 Å². The van der Waals surface area contributed by atoms with Gasteiger partial charge in [0.1, 0.15) is 5.75 Å². The summed E-state index contributed by atoms with van der Waals surface area (Å²) in [7, 11) is 1.62. The highest BCUT2D eigenvalue weighted by Crippen LogP contribution is 2.34. The normalized spacial score (nSPS) is 13.4. The van der Waals surface area contributed by atoms with Crippen LogP contribution in [0.15, 0.2) is 30.6 Å². The van der Waals surface area contributed by atoms with Gasteiger partial charge in [0.15, 0.2) is 0 Å². The molecule has 0 saturated heterocycles. The average Bonchev–Trinajstić information content (AvgIpc) is 2.70. The van der Waals surface area contributed by atoms with E-state index in [-0.39, 0.29) is 17.4 Å². The summed E-state index contributed by atoms with van der Waals surface area (Å²) >= 11 is 0. The Hall–Kier alpha value is -2.65. The first-order valence-corrected chi connectivity index (χ1v) is 10.2. The first-order chi connectivity index (χ1) is 13.8. The van der Waals surface area contributed by atoms with Crippen molar-refractivity contribution in [3.8, 4) is 11.8 Å². The largest absolute Gasteiger partial charge is 0.495 e. The van der Waals surface area contributed by atoms with Crippen LogP contribution in [0.25, 0.3) is 0 Å². The number of rotatable bonds is 9. The number of hydrogen-bond acceptors (Lipinski definition) is 6. The first-order valence-electron chi connectivity index (χ1n) is 10.2. The van der Waals surface area contributed by atoms with Crippen molar-refractivity contribution >= 4 is 5.69 Å². The predicted molar refractivity (Wildman–Crippen MR) is 117 cm³/mol. The molecule has 0 aliphatic carbocycles. The number of pyridine rings is 2. The molecule has 2 heterocycles. The summed E-state index contributed by atoms with van der Waals surface area (Å²) < 4.78 is 5.30. The van der Waals surface area contributed by atoms with Crippen LogP contribution in [0.2, 0.25) is 0 Å². The topological polar surface area (TPSA) is 82.9 Å². The number of nitrogens with one attached hydrogen (secondary N) is 2. The van der Waals surface area contributed by atoms with E-state index >= 15 is 0 Å². The molecule has 0 saturated carbocycles. The van der Waals surface area contributed by atoms with Crippen molar-refractivity contribution in [1.29, 1.82) is 5.26 Å². The number of ether oxygens (including phenoxy) is 1. The van der Waals surface area contributed by atoms with Crippen LogP contribution in [-0.2, 0) is 0 Å². The number of aryl methyl sites for hydroxylation is 1. The van der Waals surface area contributed by atoms with Crippen LogP contribution in [0.1, 0.15) is 75.7 Å². The molecule has 29 heavy (non-hydrogen) atoms. The minimum Gasteiger partial charge on any atom is -0.495 e. The van der Waals surface area contributed by atoms with Gasteiger partial charge in [0.2, 0.25) is 0 Å². The summed E-state index contributed by atoms with van der Waals surface area (Å²) in [6.07, 6.45) is 6.26. The van der Waals surface area contributed by atoms with Gasteiger partial charge in [0.25, 0.3) is 0 Å². The van der Waals surface area contributed by atoms with Gasteiger partial charge >= 0.3 is 0 Å². The molecule has 0 fully saturated rings. The Balaban J connectivity index is 2.19. The Kier molecular flexibility index (Phi) is 7.98. The fourth-order valence-electron chi connectivity index (χ4n) is 3.24. The predicted octanol–water partition coefficient (Wildman–Crippen LogP) is 5.09. The Morgan fingerprint density at radius 2 is 1.97 bits per heavy atom. The van der Waals surface area contributed by atoms with Crippen molar-refractivity contribution in [3.05, 3.63) is 47.5 Å². The molecule has 0 aromatic carbocycles. The second-order valence-electron chi connectivity index (χ2n) is 8.42. The standard InChI is InChI=1S/C23H33N5O/c1-7-8-17(22-10-9-19(14-26-22)27-28-23(3,4)5)11-18(13-24)21-12-20(29-6)15-25-16(21)2/h9-10,12,14-15,17-18,27-28H,7-8,11H2,1-6H3. The van der Waals surface area contributed by atoms with Crippen LogP contribution >= 0.6 is 0 Å². The lowest BCUT2D eigenvalue weighted by Gasteiger charge is -2.23. The molecule has 2 N–H and O–H groups in total. The molecule has 0 spiro atoms. The van der Waals surface area contributed by atoms with E-state index in [1.165, 1.54) is 0 Å². The second kappa shape index (κ2) is 10.2. The Labute approximate surface area is 174 Å². The molecular weight excluding hydrogens is 362 g/mol. The molecule has 0 aliphatic heterocycles. The van der Waals surface area contributed by atoms with Crippen LogP contribution in [0.5, 0.6) is 5.75 Å². The van der Waals surface area contributed by atoms with Gasteiger partial charge in [-0.15, -0.1) is 0 Å². The molecule has 2 unspecified atom stereocenters. The van der Waals surface area contributed by atoms with Crippen molar-refractivity contribution in [2.24, 2.45) is 0 Å². The third kappa shape index (κ3) is 6.72. The maximum absolute atomic E-state index is 9.86. The van der Waals surface area contributed by atoms with Crippen molar-refractivity contribution < 1.29 is 4.74 Å². The third-order valence-electron chi connectivity index (χ3n) is 4.81. The number of aromatic nitrogens is 2. The van der Waals surface area contributed by atoms with Crippen molar-refractivity contribution in [2.75, 3.05) is 12.5 Å². The van der Waals surface area contributed by atoms with Crippen LogP contribution in [0, 0.1) is 18.3 Å². The molecule has 6 nitrogen and oxygen atoms in total. The monoisotopic (exact) mass is 395 g/mol. The summed E-state index contributed by atoms with van der Waals surface area (Å²) in [5.41, 5.74) is 10.1. The van der Waals surface area contributed by atoms with Crippen LogP contribution in [-0.4, -0.2) is 22.6 Å². The van der Waals surface area contributed by atoms with Crippen molar-refractivity contribution in [1.82, 2.24) is 15.4 Å². The van der Waals surface area contributed by atoms with Crippen molar-refractivity contribution in [3.63, 3.8) is 0 Å². The second-order valence-corrected chi connectivity index (χ2v) is 8.42. The van der Waals surface area contributed by atoms with Crippen LogP contribution in [0.3, 0.4) is 0 Å². The van der Waals surface area contributed by atoms with Gasteiger partial charge in [-0.2, -0.15) is 5.26 Å². The molecule has 156 valence electrons. The van der Waals surface area contributed by atoms with Crippen LogP contribution in [0.4, 0.5) is 5.69 Å². The van der Waals surface area contributed by atoms with E-state index in [4.69, 9.17) is 4.74 Å². The Morgan fingerprint density at radius 1 is 1.21 bits per heavy atom. The van der Waals surface area contributed by atoms with E-state index in [1.807, 2.05) is 25.3 Å². The fourth-order valence-corrected chi connectivity index (χ4v) is 3.24. The number of hydrogen-bond donors (Lipinski definition) is 2. The zero-order valence-electron chi connectivity index (χ0n) is 18.4. The maximum atomic E-state index is 9.86. The van der Waals surface area contributed by atoms with Crippen LogP contribution < -0.4 is 15.6 Å². The molecule has 2 atom stereocenters. The fraction of sp³-hybridized carbons (Fsp3) is 0.522. The zero-order valence-corrected chi connectivity index (χ0v) is 18.4. The first kappa shape index (κ1) is 22.6. The zero-order chi connectivity index (χ0) is 21.4. The molecule has 0 amide bonds. The van der Waals surface area contributed by atoms with E-state index in [9.17, 15) is 5.26 Å². The minimum absolute atomic E-state index is 0.0356. The summed E-state index contributed by atoms with van der Waals surface area (Å²) in [6, 6.07) is 8.49. The van der Waals surface area contributed by atoms with E-state index < -0.39 is 0 Å². The lowest BCUT2D eigenvalue weighted by Crippen LogP contribution is -2.40. The maximum Gasteiger partial charge on any atom is 0.137 e. The molecular formula is C23H33N5O. The summed E-state index contributed by atoms with van der Waals surface area (Å²) in [4.78, 5) is 9.07. The summed E-state index contributed by atoms with van der Waals surface area (Å²) in [5, 5.41) is 9.86. The highest BCUT2D eigenvalue weighted by atomic mass is 16.5. The molecule has 0 radical (unpaired) electrons. The quantitative estimate of drug-likeness (QED) is 0.576. The van der Waals surface area contributed by atoms with Gasteiger partial charge in [-0.05, 0) is 64.3 Å². The van der Waals surface area contributed by atoms with Gasteiger partial charge in [-0.1, -0.05) is 13.3 Å². The summed E-state index contributed by atoms with van der Waals surface area (Å²) in [6.45, 7) is 10.4. The minimum atomic E-state index is -0.253. The van der Waals surface area contributed by atoms with E-state index in [2.05, 4.69) is 60.7 Å². The molecule has 0 bridgehead atoms. The lowest BCUT2D eigenvalue weighted by molar-refractivity contribution is 0.411. The highest BCUT2D eigenvalue weighted by molar-refractivity contribution is 5.41. The van der Waals surface area contributed by atoms with Gasteiger partial charge in [-0.25, -0.2) is 5.43 Å². The van der Waals surface area contributed by atoms with E-state index in [0.717, 1.165) is 35.5 Å². The van der Waals surface area contributed by atoms with Crippen molar-refractivity contribution in [2.45, 2.75) is 71.3 Å². The SMILES string of the molecule is CCCC(CC(C#N)c1cc(OC)cnc1C)c1ccc(NNC(C)(C)C)cn1. The average molecular weight is 396 g/mol. The number of methoxy groups -OCH3 is 1.